The normalized spacial score (nSPS) is 25.0. The van der Waals surface area contributed by atoms with Gasteiger partial charge in [-0.3, -0.25) is 9.59 Å². The number of amides is 2. The highest BCUT2D eigenvalue weighted by molar-refractivity contribution is 6.09. The maximum absolute atomic E-state index is 11.6. The summed E-state index contributed by atoms with van der Waals surface area (Å²) in [7, 11) is 0. The molecule has 0 radical (unpaired) electrons. The van der Waals surface area contributed by atoms with Crippen LogP contribution in [0.4, 0.5) is 5.69 Å². The van der Waals surface area contributed by atoms with Crippen molar-refractivity contribution in [2.75, 3.05) is 5.32 Å². The Morgan fingerprint density at radius 2 is 1.75 bits per heavy atom. The molecule has 0 aromatic heterocycles. The molecule has 0 spiro atoms. The van der Waals surface area contributed by atoms with Gasteiger partial charge in [0.1, 0.15) is 12.1 Å². The van der Waals surface area contributed by atoms with Gasteiger partial charge in [0.05, 0.1) is 0 Å². The van der Waals surface area contributed by atoms with E-state index in [2.05, 4.69) is 5.32 Å². The minimum atomic E-state index is -0.933. The van der Waals surface area contributed by atoms with E-state index < -0.39 is 23.9 Å². The quantitative estimate of drug-likeness (QED) is 0.338. The minimum Gasteiger partial charge on any atom is -0.372 e. The molecule has 2 unspecified atom stereocenters. The number of carbonyl (C=O) groups is 2. The molecule has 84 valence electrons. The van der Waals surface area contributed by atoms with Crippen LogP contribution < -0.4 is 16.9 Å². The molecule has 1 saturated heterocycles. The molecule has 16 heavy (non-hydrogen) atoms. The molecule has 0 bridgehead atoms. The molecular formula is C10H12N4O2. The molecule has 1 aromatic rings. The Kier molecular flexibility index (Phi) is 2.59. The zero-order valence-corrected chi connectivity index (χ0v) is 8.46. The van der Waals surface area contributed by atoms with E-state index in [1.165, 1.54) is 0 Å². The van der Waals surface area contributed by atoms with Crippen molar-refractivity contribution in [3.63, 3.8) is 0 Å². The summed E-state index contributed by atoms with van der Waals surface area (Å²) >= 11 is 0. The van der Waals surface area contributed by atoms with Gasteiger partial charge in [-0.15, -0.1) is 0 Å². The number of hydrogen-bond donors (Lipinski definition) is 3. The molecule has 1 heterocycles. The monoisotopic (exact) mass is 220 g/mol. The molecule has 0 aliphatic carbocycles. The third-order valence-electron chi connectivity index (χ3n) is 2.48. The molecule has 1 aliphatic heterocycles. The fourth-order valence-corrected chi connectivity index (χ4v) is 1.58. The SMILES string of the molecule is NC1C(=O)N(N)C(=O)C1Nc1ccccc1. The maximum atomic E-state index is 11.6. The van der Waals surface area contributed by atoms with Crippen LogP contribution in [0.2, 0.25) is 0 Å². The lowest BCUT2D eigenvalue weighted by molar-refractivity contribution is -0.139. The number of hydrazine groups is 1. The Balaban J connectivity index is 2.17. The first kappa shape index (κ1) is 10.6. The first-order valence-corrected chi connectivity index (χ1v) is 4.81. The van der Waals surface area contributed by atoms with E-state index in [1.54, 1.807) is 12.1 Å². The topological polar surface area (TPSA) is 101 Å². The second kappa shape index (κ2) is 3.92. The molecule has 2 atom stereocenters. The summed E-state index contributed by atoms with van der Waals surface area (Å²) in [6, 6.07) is 7.32. The van der Waals surface area contributed by atoms with Crippen molar-refractivity contribution in [3.05, 3.63) is 30.3 Å². The van der Waals surface area contributed by atoms with Crippen molar-refractivity contribution >= 4 is 17.5 Å². The number of nitrogens with two attached hydrogens (primary N) is 2. The number of carbonyl (C=O) groups excluding carboxylic acids is 2. The van der Waals surface area contributed by atoms with Crippen molar-refractivity contribution in [2.45, 2.75) is 12.1 Å². The maximum Gasteiger partial charge on any atom is 0.268 e. The average Bonchev–Trinajstić information content (AvgIpc) is 2.48. The van der Waals surface area contributed by atoms with Crippen molar-refractivity contribution in [2.24, 2.45) is 11.6 Å². The Morgan fingerprint density at radius 1 is 1.12 bits per heavy atom. The van der Waals surface area contributed by atoms with E-state index in [4.69, 9.17) is 11.6 Å². The van der Waals surface area contributed by atoms with Crippen LogP contribution >= 0.6 is 0 Å². The Labute approximate surface area is 92.2 Å². The van der Waals surface area contributed by atoms with Gasteiger partial charge in [-0.2, -0.15) is 0 Å². The van der Waals surface area contributed by atoms with E-state index in [0.717, 1.165) is 5.69 Å². The summed E-state index contributed by atoms with van der Waals surface area (Å²) in [5, 5.41) is 3.44. The number of rotatable bonds is 2. The van der Waals surface area contributed by atoms with E-state index in [-0.39, 0.29) is 0 Å². The van der Waals surface area contributed by atoms with Crippen molar-refractivity contribution in [1.29, 1.82) is 0 Å². The standard InChI is InChI=1S/C10H12N4O2/c11-7-8(10(16)14(12)9(7)15)13-6-4-2-1-3-5-6/h1-5,7-8,13H,11-12H2. The number of benzene rings is 1. The van der Waals surface area contributed by atoms with E-state index in [9.17, 15) is 9.59 Å². The Morgan fingerprint density at radius 3 is 2.25 bits per heavy atom. The molecule has 6 heteroatoms. The zero-order valence-electron chi connectivity index (χ0n) is 8.46. The average molecular weight is 220 g/mol. The van der Waals surface area contributed by atoms with Gasteiger partial charge in [0.25, 0.3) is 11.8 Å². The van der Waals surface area contributed by atoms with Crippen LogP contribution in [0.5, 0.6) is 0 Å². The van der Waals surface area contributed by atoms with Crippen molar-refractivity contribution in [1.82, 2.24) is 5.01 Å². The fourth-order valence-electron chi connectivity index (χ4n) is 1.58. The van der Waals surface area contributed by atoms with Gasteiger partial charge in [-0.25, -0.2) is 10.9 Å². The van der Waals surface area contributed by atoms with Gasteiger partial charge in [-0.05, 0) is 12.1 Å². The fraction of sp³-hybridized carbons (Fsp3) is 0.200. The third-order valence-corrected chi connectivity index (χ3v) is 2.48. The molecule has 2 amide bonds. The first-order chi connectivity index (χ1) is 7.61. The molecule has 1 aromatic carbocycles. The summed E-state index contributed by atoms with van der Waals surface area (Å²) in [6.07, 6.45) is 0. The highest BCUT2D eigenvalue weighted by Gasteiger charge is 2.44. The number of nitrogens with zero attached hydrogens (tertiary/aromatic N) is 1. The van der Waals surface area contributed by atoms with Gasteiger partial charge in [0.15, 0.2) is 0 Å². The molecule has 1 fully saturated rings. The molecule has 2 rings (SSSR count). The van der Waals surface area contributed by atoms with Gasteiger partial charge < -0.3 is 11.1 Å². The van der Waals surface area contributed by atoms with Crippen LogP contribution in [0.25, 0.3) is 0 Å². The summed E-state index contributed by atoms with van der Waals surface area (Å²) in [6.45, 7) is 0. The first-order valence-electron chi connectivity index (χ1n) is 4.81. The number of para-hydroxylation sites is 1. The van der Waals surface area contributed by atoms with Gasteiger partial charge >= 0.3 is 0 Å². The van der Waals surface area contributed by atoms with Crippen LogP contribution in [0.15, 0.2) is 30.3 Å². The molecule has 6 nitrogen and oxygen atoms in total. The zero-order chi connectivity index (χ0) is 11.7. The second-order valence-corrected chi connectivity index (χ2v) is 3.56. The van der Waals surface area contributed by atoms with E-state index in [0.29, 0.717) is 5.01 Å². The van der Waals surface area contributed by atoms with Gasteiger partial charge in [0.2, 0.25) is 0 Å². The third kappa shape index (κ3) is 1.64. The minimum absolute atomic E-state index is 0.513. The van der Waals surface area contributed by atoms with E-state index in [1.807, 2.05) is 18.2 Å². The summed E-state index contributed by atoms with van der Waals surface area (Å²) < 4.78 is 0. The molecule has 1 aliphatic rings. The number of nitrogens with one attached hydrogen (secondary N) is 1. The summed E-state index contributed by atoms with van der Waals surface area (Å²) in [5.74, 6) is 4.19. The van der Waals surface area contributed by atoms with Crippen molar-refractivity contribution < 1.29 is 9.59 Å². The summed E-state index contributed by atoms with van der Waals surface area (Å²) in [4.78, 5) is 22.9. The summed E-state index contributed by atoms with van der Waals surface area (Å²) in [5.41, 5.74) is 6.32. The second-order valence-electron chi connectivity index (χ2n) is 3.56. The number of anilines is 1. The van der Waals surface area contributed by atoms with Gasteiger partial charge in [0, 0.05) is 5.69 Å². The Hall–Kier alpha value is -1.92. The molecule has 5 N–H and O–H groups in total. The number of hydrogen-bond acceptors (Lipinski definition) is 5. The van der Waals surface area contributed by atoms with Crippen molar-refractivity contribution in [3.8, 4) is 0 Å². The predicted molar refractivity (Wildman–Crippen MR) is 57.9 cm³/mol. The van der Waals surface area contributed by atoms with Crippen LogP contribution in [0.3, 0.4) is 0 Å². The smallest absolute Gasteiger partial charge is 0.268 e. The number of imide groups is 1. The molecular weight excluding hydrogens is 208 g/mol. The largest absolute Gasteiger partial charge is 0.372 e. The molecule has 0 saturated carbocycles. The van der Waals surface area contributed by atoms with Crippen LogP contribution in [-0.4, -0.2) is 28.9 Å². The van der Waals surface area contributed by atoms with E-state index >= 15 is 0 Å². The van der Waals surface area contributed by atoms with Crippen LogP contribution in [-0.2, 0) is 9.59 Å². The Bertz CT molecular complexity index is 420. The highest BCUT2D eigenvalue weighted by Crippen LogP contribution is 2.15. The van der Waals surface area contributed by atoms with Crippen LogP contribution in [0, 0.1) is 0 Å². The lowest BCUT2D eigenvalue weighted by atomic mass is 10.1. The predicted octanol–water partition coefficient (Wildman–Crippen LogP) is -0.963. The van der Waals surface area contributed by atoms with Crippen LogP contribution in [0.1, 0.15) is 0 Å². The van der Waals surface area contributed by atoms with Gasteiger partial charge in [-0.1, -0.05) is 18.2 Å². The lowest BCUT2D eigenvalue weighted by Gasteiger charge is -2.14. The lowest BCUT2D eigenvalue weighted by Crippen LogP contribution is -2.42. The highest BCUT2D eigenvalue weighted by atomic mass is 16.2.